The Labute approximate surface area is 126 Å². The van der Waals surface area contributed by atoms with E-state index in [2.05, 4.69) is 31.2 Å². The van der Waals surface area contributed by atoms with Crippen molar-refractivity contribution in [3.63, 3.8) is 0 Å². The molecule has 0 radical (unpaired) electrons. The first-order valence-corrected chi connectivity index (χ1v) is 7.95. The quantitative estimate of drug-likeness (QED) is 0.834. The highest BCUT2D eigenvalue weighted by atomic mass is 35.5. The maximum atomic E-state index is 6.43. The van der Waals surface area contributed by atoms with Crippen molar-refractivity contribution < 1.29 is 4.74 Å². The summed E-state index contributed by atoms with van der Waals surface area (Å²) >= 11 is 6.43. The van der Waals surface area contributed by atoms with Gasteiger partial charge in [-0.15, -0.1) is 0 Å². The number of hydrogen-bond acceptors (Lipinski definition) is 3. The number of aromatic nitrogens is 2. The van der Waals surface area contributed by atoms with Crippen molar-refractivity contribution >= 4 is 11.6 Å². The van der Waals surface area contributed by atoms with Gasteiger partial charge in [-0.25, -0.2) is 0 Å². The molecular weight excluding hydrogens is 274 g/mol. The molecule has 1 saturated carbocycles. The second-order valence-corrected chi connectivity index (χ2v) is 6.33. The van der Waals surface area contributed by atoms with E-state index >= 15 is 0 Å². The summed E-state index contributed by atoms with van der Waals surface area (Å²) < 4.78 is 7.91. The number of hydrogen-bond donors (Lipinski definition) is 1. The maximum absolute atomic E-state index is 6.43. The Morgan fingerprint density at radius 1 is 1.50 bits per heavy atom. The third-order valence-corrected chi connectivity index (χ3v) is 4.57. The van der Waals surface area contributed by atoms with Crippen LogP contribution in [0.25, 0.3) is 0 Å². The van der Waals surface area contributed by atoms with Crippen molar-refractivity contribution in [1.82, 2.24) is 15.1 Å². The van der Waals surface area contributed by atoms with Gasteiger partial charge in [0, 0.05) is 13.2 Å². The standard InChI is InChI=1S/C15H26ClN3O/c1-5-9-17-14(15(20-4)7-6-8-15)13-12(16)10-18-19(13)11(2)3/h10-11,14,17H,5-9H2,1-4H3. The minimum Gasteiger partial charge on any atom is -0.376 e. The van der Waals surface area contributed by atoms with Gasteiger partial charge in [0.2, 0.25) is 0 Å². The van der Waals surface area contributed by atoms with Gasteiger partial charge in [-0.05, 0) is 46.1 Å². The van der Waals surface area contributed by atoms with Crippen LogP contribution in [0.5, 0.6) is 0 Å². The molecular formula is C15H26ClN3O. The van der Waals surface area contributed by atoms with Crippen molar-refractivity contribution in [3.8, 4) is 0 Å². The number of nitrogens with one attached hydrogen (secondary N) is 1. The van der Waals surface area contributed by atoms with Crippen LogP contribution in [0.2, 0.25) is 5.02 Å². The molecule has 5 heteroatoms. The Bertz CT molecular complexity index is 435. The molecule has 1 aromatic rings. The van der Waals surface area contributed by atoms with Crippen LogP contribution in [0.1, 0.15) is 64.2 Å². The minimum atomic E-state index is -0.133. The van der Waals surface area contributed by atoms with Gasteiger partial charge in [-0.2, -0.15) is 5.10 Å². The fourth-order valence-corrected chi connectivity index (χ4v) is 3.23. The molecule has 1 unspecified atom stereocenters. The average Bonchev–Trinajstić information content (AvgIpc) is 2.74. The van der Waals surface area contributed by atoms with Crippen LogP contribution in [-0.2, 0) is 4.74 Å². The molecule has 1 fully saturated rings. The number of rotatable bonds is 7. The van der Waals surface area contributed by atoms with Crippen LogP contribution in [0, 0.1) is 0 Å². The van der Waals surface area contributed by atoms with Gasteiger partial charge >= 0.3 is 0 Å². The Kier molecular flexibility index (Phi) is 5.10. The molecule has 0 spiro atoms. The van der Waals surface area contributed by atoms with E-state index in [0.717, 1.165) is 36.5 Å². The molecule has 1 atom stereocenters. The Morgan fingerprint density at radius 2 is 2.20 bits per heavy atom. The molecule has 1 aliphatic rings. The zero-order valence-corrected chi connectivity index (χ0v) is 13.7. The first kappa shape index (κ1) is 15.8. The minimum absolute atomic E-state index is 0.110. The summed E-state index contributed by atoms with van der Waals surface area (Å²) in [5.41, 5.74) is 0.933. The zero-order valence-electron chi connectivity index (χ0n) is 12.9. The van der Waals surface area contributed by atoms with Crippen LogP contribution in [0.4, 0.5) is 0 Å². The SMILES string of the molecule is CCCNC(c1c(Cl)cnn1C(C)C)C1(OC)CCC1. The molecule has 114 valence electrons. The lowest BCUT2D eigenvalue weighted by Crippen LogP contribution is -2.51. The summed E-state index contributed by atoms with van der Waals surface area (Å²) in [4.78, 5) is 0. The number of methoxy groups -OCH3 is 1. The number of halogens is 1. The van der Waals surface area contributed by atoms with E-state index in [1.165, 1.54) is 6.42 Å². The molecule has 1 heterocycles. The number of nitrogens with zero attached hydrogens (tertiary/aromatic N) is 2. The first-order chi connectivity index (χ1) is 9.55. The highest BCUT2D eigenvalue weighted by molar-refractivity contribution is 6.31. The lowest BCUT2D eigenvalue weighted by atomic mass is 9.73. The van der Waals surface area contributed by atoms with Gasteiger partial charge in [0.25, 0.3) is 0 Å². The van der Waals surface area contributed by atoms with Crippen molar-refractivity contribution in [1.29, 1.82) is 0 Å². The Morgan fingerprint density at radius 3 is 2.65 bits per heavy atom. The van der Waals surface area contributed by atoms with Crippen molar-refractivity contribution in [2.24, 2.45) is 0 Å². The highest BCUT2D eigenvalue weighted by Gasteiger charge is 2.47. The monoisotopic (exact) mass is 299 g/mol. The normalized spacial score (nSPS) is 19.1. The molecule has 1 aromatic heterocycles. The van der Waals surface area contributed by atoms with Gasteiger partial charge in [-0.3, -0.25) is 4.68 Å². The molecule has 0 bridgehead atoms. The molecule has 0 saturated heterocycles. The predicted molar refractivity (Wildman–Crippen MR) is 82.2 cm³/mol. The maximum Gasteiger partial charge on any atom is 0.0888 e. The van der Waals surface area contributed by atoms with Crippen LogP contribution in [0.15, 0.2) is 6.20 Å². The van der Waals surface area contributed by atoms with Gasteiger partial charge in [-0.1, -0.05) is 18.5 Å². The molecule has 1 aliphatic carbocycles. The second-order valence-electron chi connectivity index (χ2n) is 5.93. The molecule has 2 rings (SSSR count). The summed E-state index contributed by atoms with van der Waals surface area (Å²) in [5, 5.41) is 8.80. The topological polar surface area (TPSA) is 39.1 Å². The second kappa shape index (κ2) is 6.46. The van der Waals surface area contributed by atoms with E-state index in [0.29, 0.717) is 0 Å². The lowest BCUT2D eigenvalue weighted by Gasteiger charge is -2.47. The van der Waals surface area contributed by atoms with E-state index in [-0.39, 0.29) is 17.7 Å². The molecule has 1 N–H and O–H groups in total. The molecule has 0 amide bonds. The van der Waals surface area contributed by atoms with Crippen molar-refractivity contribution in [3.05, 3.63) is 16.9 Å². The summed E-state index contributed by atoms with van der Waals surface area (Å²) in [6.45, 7) is 7.38. The summed E-state index contributed by atoms with van der Waals surface area (Å²) in [6, 6.07) is 0.399. The van der Waals surface area contributed by atoms with E-state index < -0.39 is 0 Å². The fraction of sp³-hybridized carbons (Fsp3) is 0.800. The largest absolute Gasteiger partial charge is 0.376 e. The van der Waals surface area contributed by atoms with E-state index in [1.807, 2.05) is 11.8 Å². The van der Waals surface area contributed by atoms with Crippen LogP contribution in [0.3, 0.4) is 0 Å². The summed E-state index contributed by atoms with van der Waals surface area (Å²) in [6.07, 6.45) is 6.20. The Hall–Kier alpha value is -0.580. The third-order valence-electron chi connectivity index (χ3n) is 4.28. The third kappa shape index (κ3) is 2.74. The summed E-state index contributed by atoms with van der Waals surface area (Å²) in [7, 11) is 1.81. The van der Waals surface area contributed by atoms with Crippen molar-refractivity contribution in [2.75, 3.05) is 13.7 Å². The van der Waals surface area contributed by atoms with Crippen LogP contribution < -0.4 is 5.32 Å². The molecule has 20 heavy (non-hydrogen) atoms. The predicted octanol–water partition coefficient (Wildman–Crippen LogP) is 3.73. The molecule has 0 aromatic carbocycles. The van der Waals surface area contributed by atoms with Gasteiger partial charge in [0.1, 0.15) is 0 Å². The molecule has 0 aliphatic heterocycles. The van der Waals surface area contributed by atoms with Crippen molar-refractivity contribution in [2.45, 2.75) is 64.1 Å². The highest BCUT2D eigenvalue weighted by Crippen LogP contribution is 2.46. The van der Waals surface area contributed by atoms with Gasteiger partial charge in [0.05, 0.1) is 28.6 Å². The zero-order chi connectivity index (χ0) is 14.8. The average molecular weight is 300 g/mol. The Balaban J connectivity index is 2.38. The number of ether oxygens (including phenoxy) is 1. The lowest BCUT2D eigenvalue weighted by molar-refractivity contribution is -0.102. The van der Waals surface area contributed by atoms with Crippen LogP contribution in [-0.4, -0.2) is 29.0 Å². The van der Waals surface area contributed by atoms with E-state index in [9.17, 15) is 0 Å². The fourth-order valence-electron chi connectivity index (χ4n) is 2.99. The van der Waals surface area contributed by atoms with Gasteiger partial charge in [0.15, 0.2) is 0 Å². The smallest absolute Gasteiger partial charge is 0.0888 e. The van der Waals surface area contributed by atoms with Gasteiger partial charge < -0.3 is 10.1 Å². The molecule has 4 nitrogen and oxygen atoms in total. The van der Waals surface area contributed by atoms with E-state index in [4.69, 9.17) is 16.3 Å². The van der Waals surface area contributed by atoms with Crippen LogP contribution >= 0.6 is 11.6 Å². The van der Waals surface area contributed by atoms with E-state index in [1.54, 1.807) is 6.20 Å². The first-order valence-electron chi connectivity index (χ1n) is 7.57. The summed E-state index contributed by atoms with van der Waals surface area (Å²) in [5.74, 6) is 0.